The van der Waals surface area contributed by atoms with E-state index in [1.165, 1.54) is 42.3 Å². The van der Waals surface area contributed by atoms with Crippen LogP contribution in [0.3, 0.4) is 0 Å². The molecule has 0 saturated heterocycles. The number of hydrogen-bond donors (Lipinski definition) is 1. The minimum Gasteiger partial charge on any atom is -0.365 e. The third-order valence-corrected chi connectivity index (χ3v) is 4.43. The Bertz CT molecular complexity index is 912. The zero-order chi connectivity index (χ0) is 19.8. The molecule has 0 unspecified atom stereocenters. The summed E-state index contributed by atoms with van der Waals surface area (Å²) in [6.07, 6.45) is -3.91. The van der Waals surface area contributed by atoms with E-state index in [-0.39, 0.29) is 35.8 Å². The summed E-state index contributed by atoms with van der Waals surface area (Å²) in [6.45, 7) is -0.177. The molecular weight excluding hydrogens is 363 g/mol. The van der Waals surface area contributed by atoms with Gasteiger partial charge in [-0.1, -0.05) is 18.2 Å². The smallest absolute Gasteiger partial charge is 0.365 e. The van der Waals surface area contributed by atoms with Crippen molar-refractivity contribution in [3.8, 4) is 0 Å². The lowest BCUT2D eigenvalue weighted by atomic mass is 10.0. The molecule has 142 valence electrons. The molecule has 0 aromatic heterocycles. The fourth-order valence-electron chi connectivity index (χ4n) is 3.13. The van der Waals surface area contributed by atoms with E-state index in [4.69, 9.17) is 0 Å². The maximum absolute atomic E-state index is 13.2. The van der Waals surface area contributed by atoms with Gasteiger partial charge in [-0.15, -0.1) is 0 Å². The molecule has 0 aliphatic carbocycles. The van der Waals surface area contributed by atoms with Gasteiger partial charge in [-0.2, -0.15) is 13.2 Å². The van der Waals surface area contributed by atoms with Crippen LogP contribution < -0.4 is 10.2 Å². The summed E-state index contributed by atoms with van der Waals surface area (Å²) in [5.41, 5.74) is 0.223. The number of rotatable bonds is 4. The van der Waals surface area contributed by atoms with Crippen LogP contribution in [0.15, 0.2) is 36.4 Å². The molecule has 0 spiro atoms. The Balaban J connectivity index is 2.00. The molecule has 9 heteroatoms. The molecular formula is C18H16F3N3O3. The number of anilines is 2. The van der Waals surface area contributed by atoms with Crippen molar-refractivity contribution < 1.29 is 22.9 Å². The molecule has 1 aliphatic heterocycles. The standard InChI is InChI=1S/C18H16F3N3O3/c1-23(10-12-4-2-3-5-13(12)18(19,20)21)15-9-14-11(6-7-17(25)22-14)8-16(15)24(26)27/h2-5,8-9H,6-7,10H2,1H3,(H,22,25). The van der Waals surface area contributed by atoms with Crippen molar-refractivity contribution in [2.75, 3.05) is 17.3 Å². The fraction of sp³-hybridized carbons (Fsp3) is 0.278. The Morgan fingerprint density at radius 1 is 1.22 bits per heavy atom. The van der Waals surface area contributed by atoms with E-state index in [1.54, 1.807) is 0 Å². The number of benzene rings is 2. The van der Waals surface area contributed by atoms with Crippen molar-refractivity contribution in [2.45, 2.75) is 25.6 Å². The van der Waals surface area contributed by atoms with E-state index in [0.29, 0.717) is 17.7 Å². The van der Waals surface area contributed by atoms with Gasteiger partial charge in [-0.25, -0.2) is 0 Å². The van der Waals surface area contributed by atoms with Gasteiger partial charge in [0.05, 0.1) is 10.5 Å². The van der Waals surface area contributed by atoms with Gasteiger partial charge in [0, 0.05) is 31.8 Å². The summed E-state index contributed by atoms with van der Waals surface area (Å²) in [5.74, 6) is -0.202. The van der Waals surface area contributed by atoms with E-state index in [1.807, 2.05) is 0 Å². The molecule has 2 aromatic carbocycles. The van der Waals surface area contributed by atoms with Gasteiger partial charge in [0.25, 0.3) is 5.69 Å². The number of carbonyl (C=O) groups is 1. The van der Waals surface area contributed by atoms with Gasteiger partial charge in [-0.3, -0.25) is 14.9 Å². The Labute approximate surface area is 152 Å². The lowest BCUT2D eigenvalue weighted by Gasteiger charge is -2.24. The first-order valence-corrected chi connectivity index (χ1v) is 8.14. The molecule has 2 aromatic rings. The molecule has 0 bridgehead atoms. The minimum absolute atomic E-state index is 0.00329. The van der Waals surface area contributed by atoms with Crippen molar-refractivity contribution in [2.24, 2.45) is 0 Å². The average molecular weight is 379 g/mol. The number of nitrogens with zero attached hydrogens (tertiary/aromatic N) is 2. The van der Waals surface area contributed by atoms with E-state index in [0.717, 1.165) is 6.07 Å². The van der Waals surface area contributed by atoms with Crippen LogP contribution in [-0.2, 0) is 23.9 Å². The van der Waals surface area contributed by atoms with Crippen molar-refractivity contribution in [3.63, 3.8) is 0 Å². The molecule has 0 atom stereocenters. The van der Waals surface area contributed by atoms with E-state index >= 15 is 0 Å². The molecule has 0 saturated carbocycles. The monoisotopic (exact) mass is 379 g/mol. The second-order valence-corrected chi connectivity index (χ2v) is 6.31. The highest BCUT2D eigenvalue weighted by Crippen LogP contribution is 2.38. The Morgan fingerprint density at radius 2 is 1.93 bits per heavy atom. The summed E-state index contributed by atoms with van der Waals surface area (Å²) in [6, 6.07) is 7.91. The lowest BCUT2D eigenvalue weighted by Crippen LogP contribution is -2.23. The Kier molecular flexibility index (Phi) is 4.77. The molecule has 27 heavy (non-hydrogen) atoms. The van der Waals surface area contributed by atoms with Gasteiger partial charge in [0.2, 0.25) is 5.91 Å². The number of halogens is 3. The second-order valence-electron chi connectivity index (χ2n) is 6.31. The Morgan fingerprint density at radius 3 is 2.59 bits per heavy atom. The van der Waals surface area contributed by atoms with Gasteiger partial charge >= 0.3 is 6.18 Å². The van der Waals surface area contributed by atoms with Gasteiger partial charge in [-0.05, 0) is 29.7 Å². The maximum atomic E-state index is 13.2. The number of nitrogens with one attached hydrogen (secondary N) is 1. The largest absolute Gasteiger partial charge is 0.416 e. The van der Waals surface area contributed by atoms with Crippen molar-refractivity contribution in [1.29, 1.82) is 0 Å². The van der Waals surface area contributed by atoms with Crippen LogP contribution in [-0.4, -0.2) is 17.9 Å². The summed E-state index contributed by atoms with van der Waals surface area (Å²) >= 11 is 0. The fourth-order valence-corrected chi connectivity index (χ4v) is 3.13. The minimum atomic E-state index is -4.52. The number of nitro benzene ring substituents is 1. The van der Waals surface area contributed by atoms with Gasteiger partial charge in [0.1, 0.15) is 5.69 Å². The highest BCUT2D eigenvalue weighted by molar-refractivity contribution is 5.95. The highest BCUT2D eigenvalue weighted by Gasteiger charge is 2.33. The summed E-state index contributed by atoms with van der Waals surface area (Å²) < 4.78 is 39.6. The quantitative estimate of drug-likeness (QED) is 0.640. The van der Waals surface area contributed by atoms with E-state index in [2.05, 4.69) is 5.32 Å². The van der Waals surface area contributed by atoms with E-state index < -0.39 is 16.7 Å². The molecule has 6 nitrogen and oxygen atoms in total. The van der Waals surface area contributed by atoms with Crippen LogP contribution in [0.1, 0.15) is 23.1 Å². The topological polar surface area (TPSA) is 75.5 Å². The highest BCUT2D eigenvalue weighted by atomic mass is 19.4. The number of hydrogen-bond acceptors (Lipinski definition) is 4. The van der Waals surface area contributed by atoms with E-state index in [9.17, 15) is 28.1 Å². The number of carbonyl (C=O) groups excluding carboxylic acids is 1. The van der Waals surface area contributed by atoms with Crippen LogP contribution in [0.2, 0.25) is 0 Å². The molecule has 1 aliphatic rings. The SMILES string of the molecule is CN(Cc1ccccc1C(F)(F)F)c1cc2c(cc1[N+](=O)[O-])CCC(=O)N2. The van der Waals surface area contributed by atoms with Crippen LogP contribution in [0.25, 0.3) is 0 Å². The zero-order valence-corrected chi connectivity index (χ0v) is 14.3. The average Bonchev–Trinajstić information content (AvgIpc) is 2.59. The molecule has 3 rings (SSSR count). The van der Waals surface area contributed by atoms with Gasteiger partial charge < -0.3 is 10.2 Å². The number of fused-ring (bicyclic) bond motifs is 1. The van der Waals surface area contributed by atoms with Crippen molar-refractivity contribution in [3.05, 3.63) is 63.2 Å². The van der Waals surface area contributed by atoms with Crippen molar-refractivity contribution in [1.82, 2.24) is 0 Å². The predicted octanol–water partition coefficient (Wildman–Crippen LogP) is 4.13. The lowest BCUT2D eigenvalue weighted by molar-refractivity contribution is -0.384. The molecule has 0 radical (unpaired) electrons. The normalized spacial score (nSPS) is 13.7. The summed E-state index contributed by atoms with van der Waals surface area (Å²) in [5, 5.41) is 14.1. The van der Waals surface area contributed by atoms with Crippen molar-refractivity contribution >= 4 is 23.0 Å². The molecule has 0 fully saturated rings. The van der Waals surface area contributed by atoms with Gasteiger partial charge in [0.15, 0.2) is 0 Å². The first-order chi connectivity index (χ1) is 12.7. The molecule has 1 heterocycles. The number of alkyl halides is 3. The zero-order valence-electron chi connectivity index (χ0n) is 14.3. The van der Waals surface area contributed by atoms with Crippen LogP contribution in [0.5, 0.6) is 0 Å². The maximum Gasteiger partial charge on any atom is 0.416 e. The number of nitro groups is 1. The first-order valence-electron chi connectivity index (χ1n) is 8.14. The molecule has 1 N–H and O–H groups in total. The third-order valence-electron chi connectivity index (χ3n) is 4.43. The first kappa shape index (κ1) is 18.7. The third kappa shape index (κ3) is 3.86. The van der Waals surface area contributed by atoms with Crippen LogP contribution >= 0.6 is 0 Å². The second kappa shape index (κ2) is 6.90. The predicted molar refractivity (Wildman–Crippen MR) is 93.6 cm³/mol. The summed E-state index contributed by atoms with van der Waals surface area (Å²) in [4.78, 5) is 23.9. The number of amides is 1. The Hall–Kier alpha value is -3.10. The molecule has 1 amide bonds. The number of aryl methyl sites for hydroxylation is 1. The van der Waals surface area contributed by atoms with Crippen LogP contribution in [0.4, 0.5) is 30.2 Å². The van der Waals surface area contributed by atoms with Crippen LogP contribution in [0, 0.1) is 10.1 Å². The summed E-state index contributed by atoms with van der Waals surface area (Å²) in [7, 11) is 1.48.